The van der Waals surface area contributed by atoms with Crippen LogP contribution in [-0.2, 0) is 21.4 Å². The van der Waals surface area contributed by atoms with E-state index in [2.05, 4.69) is 0 Å². The van der Waals surface area contributed by atoms with Gasteiger partial charge in [-0.25, -0.2) is 4.39 Å². The summed E-state index contributed by atoms with van der Waals surface area (Å²) in [5.74, 6) is -0.649. The van der Waals surface area contributed by atoms with Crippen molar-refractivity contribution >= 4 is 10.9 Å². The number of alkyl halides is 3. The standard InChI is InChI=1S/C26H27F4NO4/c1-24(2,17-8-9-18(20(27)14-17)23-34-12-5-13-35-23)15-25(33,26(28,29)30)16-31-11-10-22(32)19-6-3-4-7-21(19)31/h3-4,6-11,14,23,33H,5,12-13,15-16H2,1-2H3. The third kappa shape index (κ3) is 5.12. The number of aliphatic hydroxyl groups is 1. The van der Waals surface area contributed by atoms with E-state index in [1.54, 1.807) is 12.1 Å². The number of halogens is 4. The van der Waals surface area contributed by atoms with E-state index in [4.69, 9.17) is 9.47 Å². The number of aromatic nitrogens is 1. The molecule has 2 heterocycles. The van der Waals surface area contributed by atoms with E-state index in [0.29, 0.717) is 25.2 Å². The van der Waals surface area contributed by atoms with E-state index in [9.17, 15) is 27.5 Å². The average Bonchev–Trinajstić information content (AvgIpc) is 2.80. The van der Waals surface area contributed by atoms with Crippen LogP contribution < -0.4 is 5.43 Å². The van der Waals surface area contributed by atoms with Gasteiger partial charge in [0.2, 0.25) is 0 Å². The number of hydrogen-bond acceptors (Lipinski definition) is 4. The molecule has 0 radical (unpaired) electrons. The molecule has 0 amide bonds. The first kappa shape index (κ1) is 25.3. The lowest BCUT2D eigenvalue weighted by molar-refractivity contribution is -0.271. The maximum atomic E-state index is 14.9. The van der Waals surface area contributed by atoms with Crippen LogP contribution >= 0.6 is 0 Å². The maximum Gasteiger partial charge on any atom is 0.418 e. The molecule has 1 aromatic heterocycles. The summed E-state index contributed by atoms with van der Waals surface area (Å²) in [5, 5.41) is 11.3. The minimum atomic E-state index is -4.99. The molecule has 1 fully saturated rings. The SMILES string of the molecule is CC(C)(CC(O)(Cn1ccc(=O)c2ccccc21)C(F)(F)F)c1ccc(C2OCCCO2)c(F)c1. The second kappa shape index (κ2) is 9.37. The molecule has 0 bridgehead atoms. The molecule has 188 valence electrons. The van der Waals surface area contributed by atoms with Gasteiger partial charge in [-0.15, -0.1) is 0 Å². The molecule has 0 saturated carbocycles. The van der Waals surface area contributed by atoms with Crippen molar-refractivity contribution in [2.45, 2.75) is 56.7 Å². The number of para-hydroxylation sites is 1. The minimum absolute atomic E-state index is 0.176. The lowest BCUT2D eigenvalue weighted by Crippen LogP contribution is -2.52. The molecule has 3 aromatic rings. The van der Waals surface area contributed by atoms with Gasteiger partial charge in [-0.3, -0.25) is 4.79 Å². The summed E-state index contributed by atoms with van der Waals surface area (Å²) in [6.45, 7) is 3.07. The predicted octanol–water partition coefficient (Wildman–Crippen LogP) is 5.24. The Morgan fingerprint density at radius 3 is 2.40 bits per heavy atom. The Bertz CT molecular complexity index is 1260. The molecule has 1 unspecified atom stereocenters. The molecule has 1 N–H and O–H groups in total. The minimum Gasteiger partial charge on any atom is -0.379 e. The Hall–Kier alpha value is -2.75. The molecule has 0 aliphatic carbocycles. The molecule has 5 nitrogen and oxygen atoms in total. The van der Waals surface area contributed by atoms with Crippen LogP contribution in [0.4, 0.5) is 17.6 Å². The fourth-order valence-corrected chi connectivity index (χ4v) is 4.57. The Labute approximate surface area is 199 Å². The lowest BCUT2D eigenvalue weighted by atomic mass is 9.74. The van der Waals surface area contributed by atoms with Crippen molar-refractivity contribution in [1.82, 2.24) is 4.57 Å². The van der Waals surface area contributed by atoms with Crippen molar-refractivity contribution in [3.8, 4) is 0 Å². The van der Waals surface area contributed by atoms with Crippen LogP contribution in [0.2, 0.25) is 0 Å². The number of fused-ring (bicyclic) bond motifs is 1. The van der Waals surface area contributed by atoms with Gasteiger partial charge in [-0.2, -0.15) is 13.2 Å². The van der Waals surface area contributed by atoms with Gasteiger partial charge >= 0.3 is 6.18 Å². The summed E-state index contributed by atoms with van der Waals surface area (Å²) in [5.41, 5.74) is -3.99. The summed E-state index contributed by atoms with van der Waals surface area (Å²) in [7, 11) is 0. The number of nitrogens with zero attached hydrogens (tertiary/aromatic N) is 1. The van der Waals surface area contributed by atoms with E-state index < -0.39 is 42.3 Å². The van der Waals surface area contributed by atoms with Gasteiger partial charge < -0.3 is 19.1 Å². The van der Waals surface area contributed by atoms with E-state index in [1.165, 1.54) is 61.0 Å². The number of ether oxygens (including phenoxy) is 2. The van der Waals surface area contributed by atoms with Crippen molar-refractivity contribution in [2.75, 3.05) is 13.2 Å². The molecule has 9 heteroatoms. The predicted molar refractivity (Wildman–Crippen MR) is 123 cm³/mol. The van der Waals surface area contributed by atoms with Crippen molar-refractivity contribution in [1.29, 1.82) is 0 Å². The molecule has 0 spiro atoms. The van der Waals surface area contributed by atoms with Gasteiger partial charge in [0, 0.05) is 23.2 Å². The second-order valence-electron chi connectivity index (χ2n) is 9.58. The van der Waals surface area contributed by atoms with Gasteiger partial charge in [0.1, 0.15) is 5.82 Å². The largest absolute Gasteiger partial charge is 0.418 e. The fraction of sp³-hybridized carbons (Fsp3) is 0.423. The van der Waals surface area contributed by atoms with E-state index in [0.717, 1.165) is 0 Å². The number of pyridine rings is 1. The normalized spacial score (nSPS) is 17.5. The summed E-state index contributed by atoms with van der Waals surface area (Å²) in [4.78, 5) is 12.1. The molecule has 1 atom stereocenters. The van der Waals surface area contributed by atoms with Crippen LogP contribution in [0.3, 0.4) is 0 Å². The van der Waals surface area contributed by atoms with Gasteiger partial charge in [0.05, 0.1) is 25.3 Å². The summed E-state index contributed by atoms with van der Waals surface area (Å²) >= 11 is 0. The second-order valence-corrected chi connectivity index (χ2v) is 9.58. The van der Waals surface area contributed by atoms with Crippen LogP contribution in [0.5, 0.6) is 0 Å². The summed E-state index contributed by atoms with van der Waals surface area (Å²) < 4.78 is 69.8. The van der Waals surface area contributed by atoms with E-state index in [1.807, 2.05) is 0 Å². The van der Waals surface area contributed by atoms with Crippen molar-refractivity contribution < 1.29 is 32.1 Å². The molecule has 1 saturated heterocycles. The van der Waals surface area contributed by atoms with Crippen LogP contribution in [0.1, 0.15) is 44.1 Å². The van der Waals surface area contributed by atoms with Crippen LogP contribution in [-0.4, -0.2) is 34.7 Å². The zero-order valence-electron chi connectivity index (χ0n) is 19.4. The Balaban J connectivity index is 1.66. The average molecular weight is 493 g/mol. The quantitative estimate of drug-likeness (QED) is 0.478. The first-order chi connectivity index (χ1) is 16.4. The zero-order chi connectivity index (χ0) is 25.4. The van der Waals surface area contributed by atoms with Gasteiger partial charge in [0.15, 0.2) is 17.3 Å². The van der Waals surface area contributed by atoms with Crippen LogP contribution in [0.25, 0.3) is 10.9 Å². The lowest BCUT2D eigenvalue weighted by Gasteiger charge is -2.38. The number of rotatable bonds is 6. The fourth-order valence-electron chi connectivity index (χ4n) is 4.57. The van der Waals surface area contributed by atoms with Crippen LogP contribution in [0, 0.1) is 5.82 Å². The Morgan fingerprint density at radius 2 is 1.74 bits per heavy atom. The van der Waals surface area contributed by atoms with Crippen molar-refractivity contribution in [2.24, 2.45) is 0 Å². The van der Waals surface area contributed by atoms with Gasteiger partial charge in [0.25, 0.3) is 0 Å². The number of benzene rings is 2. The van der Waals surface area contributed by atoms with E-state index in [-0.39, 0.29) is 21.9 Å². The summed E-state index contributed by atoms with van der Waals surface area (Å²) in [6.07, 6.45) is -4.64. The highest BCUT2D eigenvalue weighted by Gasteiger charge is 2.56. The smallest absolute Gasteiger partial charge is 0.379 e. The Morgan fingerprint density at radius 1 is 1.06 bits per heavy atom. The first-order valence-electron chi connectivity index (χ1n) is 11.3. The number of hydrogen-bond donors (Lipinski definition) is 1. The highest BCUT2D eigenvalue weighted by Crippen LogP contribution is 2.43. The Kier molecular flexibility index (Phi) is 6.78. The van der Waals surface area contributed by atoms with Gasteiger partial charge in [-0.05, 0) is 42.0 Å². The zero-order valence-corrected chi connectivity index (χ0v) is 19.4. The van der Waals surface area contributed by atoms with Gasteiger partial charge in [-0.1, -0.05) is 38.1 Å². The molecule has 4 rings (SSSR count). The highest BCUT2D eigenvalue weighted by atomic mass is 19.4. The molecule has 1 aliphatic rings. The van der Waals surface area contributed by atoms with Crippen LogP contribution in [0.15, 0.2) is 59.5 Å². The maximum absolute atomic E-state index is 14.9. The van der Waals surface area contributed by atoms with Crippen molar-refractivity contribution in [3.63, 3.8) is 0 Å². The topological polar surface area (TPSA) is 60.7 Å². The monoisotopic (exact) mass is 493 g/mol. The first-order valence-corrected chi connectivity index (χ1v) is 11.3. The summed E-state index contributed by atoms with van der Waals surface area (Å²) in [6, 6.07) is 11.6. The third-order valence-corrected chi connectivity index (χ3v) is 6.44. The molecule has 2 aromatic carbocycles. The molecule has 35 heavy (non-hydrogen) atoms. The molecule has 1 aliphatic heterocycles. The molecular weight excluding hydrogens is 466 g/mol. The third-order valence-electron chi connectivity index (χ3n) is 6.44. The van der Waals surface area contributed by atoms with Crippen molar-refractivity contribution in [3.05, 3.63) is 81.9 Å². The highest BCUT2D eigenvalue weighted by molar-refractivity contribution is 5.78. The van der Waals surface area contributed by atoms with E-state index >= 15 is 0 Å². The molecular formula is C26H27F4NO4.